The number of piperidine rings is 1. The van der Waals surface area contributed by atoms with Crippen LogP contribution in [-0.4, -0.2) is 111 Å². The second kappa shape index (κ2) is 13.5. The Balaban J connectivity index is 0.780. The van der Waals surface area contributed by atoms with Crippen LogP contribution in [0.5, 0.6) is 0 Å². The highest BCUT2D eigenvalue weighted by Gasteiger charge is 2.45. The third kappa shape index (κ3) is 5.84. The Labute approximate surface area is 321 Å². The Bertz CT molecular complexity index is 2420. The fourth-order valence-electron chi connectivity index (χ4n) is 8.90. The predicted octanol–water partition coefficient (Wildman–Crippen LogP) is 3.68. The van der Waals surface area contributed by atoms with Crippen LogP contribution in [0.15, 0.2) is 79.0 Å². The van der Waals surface area contributed by atoms with Gasteiger partial charge in [0.1, 0.15) is 29.2 Å². The number of pyridine rings is 1. The lowest BCUT2D eigenvalue weighted by molar-refractivity contribution is -0.136. The van der Waals surface area contributed by atoms with Crippen LogP contribution in [0, 0.1) is 5.82 Å². The molecule has 15 heteroatoms. The van der Waals surface area contributed by atoms with Crippen molar-refractivity contribution in [3.8, 4) is 11.4 Å². The van der Waals surface area contributed by atoms with E-state index in [4.69, 9.17) is 10.1 Å². The van der Waals surface area contributed by atoms with Crippen LogP contribution in [0.1, 0.15) is 58.0 Å². The molecule has 2 unspecified atom stereocenters. The number of carbonyl (C=O) groups excluding carboxylic acids is 4. The highest BCUT2D eigenvalue weighted by atomic mass is 19.1. The molecule has 4 amide bonds. The van der Waals surface area contributed by atoms with Crippen LogP contribution in [-0.2, 0) is 9.59 Å². The minimum absolute atomic E-state index is 0.0577. The van der Waals surface area contributed by atoms with E-state index in [1.54, 1.807) is 24.3 Å². The first-order chi connectivity index (χ1) is 27.3. The van der Waals surface area contributed by atoms with Gasteiger partial charge in [0, 0.05) is 64.0 Å². The second-order valence-corrected chi connectivity index (χ2v) is 15.2. The van der Waals surface area contributed by atoms with Crippen LogP contribution in [0.4, 0.5) is 21.7 Å². The number of imidazole rings is 1. The summed E-state index contributed by atoms with van der Waals surface area (Å²) in [7, 11) is 0. The molecule has 0 radical (unpaired) electrons. The number of benzene rings is 2. The van der Waals surface area contributed by atoms with Crippen LogP contribution >= 0.6 is 0 Å². The minimum Gasteiger partial charge on any atom is -0.368 e. The first-order valence-corrected chi connectivity index (χ1v) is 19.2. The molecular weight excluding hydrogens is 716 g/mol. The molecule has 0 aliphatic carbocycles. The molecular formula is C41H39FN10O4. The molecule has 4 saturated heterocycles. The number of nitrogens with zero attached hydrogens (tertiary/aromatic N) is 9. The highest BCUT2D eigenvalue weighted by Crippen LogP contribution is 2.37. The molecule has 0 bridgehead atoms. The number of amides is 4. The number of carbonyl (C=O) groups is 4. The molecule has 5 aromatic rings. The number of nitrogens with one attached hydrogen (secondary N) is 1. The summed E-state index contributed by atoms with van der Waals surface area (Å²) in [5, 5.41) is 7.26. The van der Waals surface area contributed by atoms with Gasteiger partial charge in [-0.3, -0.25) is 34.3 Å². The number of fused-ring (bicyclic) bond motifs is 2. The summed E-state index contributed by atoms with van der Waals surface area (Å²) < 4.78 is 16.0. The topological polar surface area (TPSA) is 140 Å². The van der Waals surface area contributed by atoms with Crippen molar-refractivity contribution < 1.29 is 23.6 Å². The molecule has 2 aromatic carbocycles. The number of piperazine rings is 1. The molecule has 5 aliphatic rings. The molecule has 1 N–H and O–H groups in total. The van der Waals surface area contributed by atoms with Crippen molar-refractivity contribution >= 4 is 46.6 Å². The maximum absolute atomic E-state index is 14.1. The van der Waals surface area contributed by atoms with E-state index in [1.807, 2.05) is 53.2 Å². The Morgan fingerprint density at radius 2 is 1.57 bits per heavy atom. The normalized spacial score (nSPS) is 21.9. The quantitative estimate of drug-likeness (QED) is 0.244. The maximum atomic E-state index is 14.1. The van der Waals surface area contributed by atoms with E-state index in [1.165, 1.54) is 6.07 Å². The van der Waals surface area contributed by atoms with Crippen molar-refractivity contribution in [2.45, 2.75) is 43.8 Å². The van der Waals surface area contributed by atoms with Crippen molar-refractivity contribution in [1.29, 1.82) is 0 Å². The molecule has 8 heterocycles. The van der Waals surface area contributed by atoms with Gasteiger partial charge >= 0.3 is 0 Å². The Morgan fingerprint density at radius 3 is 2.39 bits per heavy atom. The lowest BCUT2D eigenvalue weighted by Gasteiger charge is -2.49. The summed E-state index contributed by atoms with van der Waals surface area (Å²) in [6.07, 6.45) is 3.97. The number of halogens is 1. The lowest BCUT2D eigenvalue weighted by Crippen LogP contribution is -2.63. The molecule has 5 aliphatic heterocycles. The molecule has 10 rings (SSSR count). The van der Waals surface area contributed by atoms with Gasteiger partial charge in [-0.05, 0) is 79.4 Å². The van der Waals surface area contributed by atoms with Gasteiger partial charge < -0.3 is 14.7 Å². The Hall–Kier alpha value is -6.22. The van der Waals surface area contributed by atoms with Crippen molar-refractivity contribution in [1.82, 2.24) is 34.7 Å². The van der Waals surface area contributed by atoms with E-state index < -0.39 is 29.7 Å². The Kier molecular flexibility index (Phi) is 8.27. The standard InChI is InChI=1S/C41H39FN10O4/c42-26-5-1-4-25(20-26)32-7-3-15-50(32)37-13-12-35-43-22-34(52(35)46-37)31-6-2-8-36(44-31)48-18-16-47(17-19-48)28-23-49(24-28)27-9-10-29-30(21-27)41(56)51(40(29)55)33-11-14-38(53)45-39(33)54/h1-2,4-6,8-10,12-13,20-22,28,32-33H,3,7,11,14-19,23-24H2,(H,45,53,54). The van der Waals surface area contributed by atoms with Crippen LogP contribution in [0.25, 0.3) is 17.0 Å². The van der Waals surface area contributed by atoms with Crippen molar-refractivity contribution in [2.24, 2.45) is 0 Å². The van der Waals surface area contributed by atoms with Crippen molar-refractivity contribution in [2.75, 3.05) is 60.5 Å². The van der Waals surface area contributed by atoms with Gasteiger partial charge in [-0.25, -0.2) is 18.9 Å². The van der Waals surface area contributed by atoms with Crippen LogP contribution in [0.2, 0.25) is 0 Å². The number of anilines is 3. The summed E-state index contributed by atoms with van der Waals surface area (Å²) in [4.78, 5) is 70.5. The SMILES string of the molecule is O=C1CCC(N2C(=O)c3ccc(N4CC(N5CCN(c6cccc(-c7cnc8ccc(N9CCCC9c9cccc(F)c9)nn78)n6)CC5)C4)cc3C2=O)C(=O)N1. The molecule has 4 fully saturated rings. The molecule has 3 aromatic heterocycles. The van der Waals surface area contributed by atoms with Crippen molar-refractivity contribution in [3.63, 3.8) is 0 Å². The lowest BCUT2D eigenvalue weighted by atomic mass is 10.0. The second-order valence-electron chi connectivity index (χ2n) is 15.2. The van der Waals surface area contributed by atoms with Gasteiger partial charge in [-0.15, -0.1) is 5.10 Å². The van der Waals surface area contributed by atoms with Gasteiger partial charge in [0.15, 0.2) is 5.65 Å². The van der Waals surface area contributed by atoms with Crippen molar-refractivity contribution in [3.05, 3.63) is 102 Å². The number of imide groups is 2. The monoisotopic (exact) mass is 754 g/mol. The first-order valence-electron chi connectivity index (χ1n) is 19.2. The number of rotatable bonds is 7. The van der Waals surface area contributed by atoms with Crippen LogP contribution in [0.3, 0.4) is 0 Å². The van der Waals surface area contributed by atoms with E-state index >= 15 is 0 Å². The zero-order chi connectivity index (χ0) is 38.1. The molecule has 56 heavy (non-hydrogen) atoms. The zero-order valence-electron chi connectivity index (χ0n) is 30.6. The molecule has 2 atom stereocenters. The van der Waals surface area contributed by atoms with E-state index in [2.05, 4.69) is 29.9 Å². The van der Waals surface area contributed by atoms with E-state index in [0.717, 1.165) is 103 Å². The maximum Gasteiger partial charge on any atom is 0.262 e. The van der Waals surface area contributed by atoms with E-state index in [0.29, 0.717) is 11.6 Å². The third-order valence-corrected chi connectivity index (χ3v) is 11.9. The summed E-state index contributed by atoms with van der Waals surface area (Å²) >= 11 is 0. The molecule has 14 nitrogen and oxygen atoms in total. The molecule has 0 spiro atoms. The first kappa shape index (κ1) is 34.3. The van der Waals surface area contributed by atoms with E-state index in [-0.39, 0.29) is 30.3 Å². The van der Waals surface area contributed by atoms with Gasteiger partial charge in [-0.1, -0.05) is 18.2 Å². The van der Waals surface area contributed by atoms with Crippen LogP contribution < -0.4 is 20.0 Å². The fraction of sp³-hybridized carbons (Fsp3) is 0.341. The Morgan fingerprint density at radius 1 is 0.750 bits per heavy atom. The van der Waals surface area contributed by atoms with E-state index in [9.17, 15) is 23.6 Å². The number of hydrogen-bond acceptors (Lipinski definition) is 11. The average molecular weight is 755 g/mol. The average Bonchev–Trinajstić information content (AvgIpc) is 3.91. The minimum atomic E-state index is -0.979. The van der Waals surface area contributed by atoms with Gasteiger partial charge in [0.05, 0.1) is 29.1 Å². The predicted molar refractivity (Wildman–Crippen MR) is 205 cm³/mol. The molecule has 284 valence electrons. The summed E-state index contributed by atoms with van der Waals surface area (Å²) in [6.45, 7) is 5.85. The summed E-state index contributed by atoms with van der Waals surface area (Å²) in [5.41, 5.74) is 4.73. The number of hydrogen-bond donors (Lipinski definition) is 1. The molecule has 0 saturated carbocycles. The largest absolute Gasteiger partial charge is 0.368 e. The summed E-state index contributed by atoms with van der Waals surface area (Å²) in [5.74, 6) is -0.504. The zero-order valence-corrected chi connectivity index (χ0v) is 30.6. The third-order valence-electron chi connectivity index (χ3n) is 11.9. The van der Waals surface area contributed by atoms with Gasteiger partial charge in [0.2, 0.25) is 11.8 Å². The highest BCUT2D eigenvalue weighted by molar-refractivity contribution is 6.23. The van der Waals surface area contributed by atoms with Gasteiger partial charge in [0.25, 0.3) is 11.8 Å². The fourth-order valence-corrected chi connectivity index (χ4v) is 8.90. The number of aromatic nitrogens is 4. The smallest absolute Gasteiger partial charge is 0.262 e. The van der Waals surface area contributed by atoms with Gasteiger partial charge in [-0.2, -0.15) is 0 Å². The summed E-state index contributed by atoms with van der Waals surface area (Å²) in [6, 6.07) is 21.6.